The molecule has 0 fully saturated rings. The minimum atomic E-state index is 0.608. The standard InChI is InChI=1S/C16H21N3/c1-3-15(4-2)18-8-10-19-9-7-14-6-5-13(12-17)11-16(14)19/h5-7,9,11,15,18H,3-4,8,10H2,1-2H3. The van der Waals surface area contributed by atoms with Crippen LogP contribution in [0.15, 0.2) is 30.5 Å². The van der Waals surface area contributed by atoms with E-state index in [1.807, 2.05) is 18.2 Å². The summed E-state index contributed by atoms with van der Waals surface area (Å²) in [5, 5.41) is 13.7. The van der Waals surface area contributed by atoms with Crippen molar-refractivity contribution in [1.82, 2.24) is 9.88 Å². The molecule has 0 aliphatic carbocycles. The highest BCUT2D eigenvalue weighted by Gasteiger charge is 2.04. The molecule has 3 nitrogen and oxygen atoms in total. The van der Waals surface area contributed by atoms with E-state index in [2.05, 4.69) is 42.1 Å². The van der Waals surface area contributed by atoms with Gasteiger partial charge in [0.2, 0.25) is 0 Å². The van der Waals surface area contributed by atoms with Crippen LogP contribution >= 0.6 is 0 Å². The number of fused-ring (bicyclic) bond motifs is 1. The van der Waals surface area contributed by atoms with Gasteiger partial charge in [0.15, 0.2) is 0 Å². The van der Waals surface area contributed by atoms with Crippen LogP contribution in [0, 0.1) is 11.3 Å². The molecule has 0 saturated heterocycles. The first kappa shape index (κ1) is 13.6. The molecule has 3 heteroatoms. The van der Waals surface area contributed by atoms with Crippen molar-refractivity contribution < 1.29 is 0 Å². The third-order valence-corrected chi connectivity index (χ3v) is 3.67. The van der Waals surface area contributed by atoms with E-state index in [0.29, 0.717) is 6.04 Å². The van der Waals surface area contributed by atoms with Gasteiger partial charge in [-0.15, -0.1) is 0 Å². The van der Waals surface area contributed by atoms with E-state index < -0.39 is 0 Å². The lowest BCUT2D eigenvalue weighted by molar-refractivity contribution is 0.468. The second-order valence-electron chi connectivity index (χ2n) is 4.86. The van der Waals surface area contributed by atoms with Gasteiger partial charge in [-0.3, -0.25) is 0 Å². The van der Waals surface area contributed by atoms with E-state index in [0.717, 1.165) is 24.2 Å². The Morgan fingerprint density at radius 2 is 2.05 bits per heavy atom. The Labute approximate surface area is 114 Å². The zero-order valence-electron chi connectivity index (χ0n) is 11.7. The highest BCUT2D eigenvalue weighted by atomic mass is 15.0. The van der Waals surface area contributed by atoms with Gasteiger partial charge in [-0.2, -0.15) is 5.26 Å². The number of hydrogen-bond donors (Lipinski definition) is 1. The van der Waals surface area contributed by atoms with Crippen LogP contribution < -0.4 is 5.32 Å². The summed E-state index contributed by atoms with van der Waals surface area (Å²) >= 11 is 0. The minimum absolute atomic E-state index is 0.608. The Morgan fingerprint density at radius 3 is 2.74 bits per heavy atom. The van der Waals surface area contributed by atoms with Gasteiger partial charge >= 0.3 is 0 Å². The molecule has 0 aliphatic heterocycles. The summed E-state index contributed by atoms with van der Waals surface area (Å²) in [7, 11) is 0. The van der Waals surface area contributed by atoms with E-state index in [1.54, 1.807) is 0 Å². The molecule has 100 valence electrons. The van der Waals surface area contributed by atoms with Gasteiger partial charge in [0.05, 0.1) is 11.6 Å². The maximum atomic E-state index is 8.97. The number of nitrogens with one attached hydrogen (secondary N) is 1. The smallest absolute Gasteiger partial charge is 0.0992 e. The van der Waals surface area contributed by atoms with Crippen molar-refractivity contribution in [3.63, 3.8) is 0 Å². The molecule has 0 aliphatic rings. The fraction of sp³-hybridized carbons (Fsp3) is 0.438. The molecule has 2 rings (SSSR count). The van der Waals surface area contributed by atoms with Crippen LogP contribution in [0.4, 0.5) is 0 Å². The summed E-state index contributed by atoms with van der Waals surface area (Å²) < 4.78 is 2.21. The number of hydrogen-bond acceptors (Lipinski definition) is 2. The van der Waals surface area contributed by atoms with Gasteiger partial charge in [-0.1, -0.05) is 19.9 Å². The molecule has 1 aromatic carbocycles. The van der Waals surface area contributed by atoms with Crippen molar-refractivity contribution >= 4 is 10.9 Å². The van der Waals surface area contributed by atoms with E-state index in [9.17, 15) is 0 Å². The third kappa shape index (κ3) is 3.15. The third-order valence-electron chi connectivity index (χ3n) is 3.67. The van der Waals surface area contributed by atoms with Crippen molar-refractivity contribution in [2.45, 2.75) is 39.3 Å². The van der Waals surface area contributed by atoms with Crippen molar-refractivity contribution in [2.75, 3.05) is 6.54 Å². The molecule has 0 spiro atoms. The number of rotatable bonds is 6. The van der Waals surface area contributed by atoms with Gasteiger partial charge in [0.25, 0.3) is 0 Å². The number of benzene rings is 1. The first-order valence-corrected chi connectivity index (χ1v) is 7.00. The first-order chi connectivity index (χ1) is 9.28. The Hall–Kier alpha value is -1.79. The van der Waals surface area contributed by atoms with Crippen LogP contribution in [0.2, 0.25) is 0 Å². The van der Waals surface area contributed by atoms with Gasteiger partial charge < -0.3 is 9.88 Å². The van der Waals surface area contributed by atoms with Crippen LogP contribution in [0.1, 0.15) is 32.3 Å². The molecule has 0 atom stereocenters. The monoisotopic (exact) mass is 255 g/mol. The largest absolute Gasteiger partial charge is 0.346 e. The molecule has 1 heterocycles. The predicted octanol–water partition coefficient (Wildman–Crippen LogP) is 3.29. The molecular weight excluding hydrogens is 234 g/mol. The van der Waals surface area contributed by atoms with Gasteiger partial charge in [0.1, 0.15) is 0 Å². The Bertz CT molecular complexity index is 573. The number of nitrogens with zero attached hydrogens (tertiary/aromatic N) is 2. The van der Waals surface area contributed by atoms with E-state index >= 15 is 0 Å². The van der Waals surface area contributed by atoms with Gasteiger partial charge in [-0.25, -0.2) is 0 Å². The fourth-order valence-corrected chi connectivity index (χ4v) is 2.41. The molecule has 0 saturated carbocycles. The normalized spacial score (nSPS) is 11.1. The average molecular weight is 255 g/mol. The van der Waals surface area contributed by atoms with Gasteiger partial charge in [0, 0.05) is 30.8 Å². The molecule has 0 unspecified atom stereocenters. The molecule has 1 N–H and O–H groups in total. The molecule has 0 radical (unpaired) electrons. The van der Waals surface area contributed by atoms with E-state index in [4.69, 9.17) is 5.26 Å². The Morgan fingerprint density at radius 1 is 1.26 bits per heavy atom. The highest BCUT2D eigenvalue weighted by Crippen LogP contribution is 2.17. The minimum Gasteiger partial charge on any atom is -0.346 e. The van der Waals surface area contributed by atoms with Crippen molar-refractivity contribution in [2.24, 2.45) is 0 Å². The molecule has 19 heavy (non-hydrogen) atoms. The van der Waals surface area contributed by atoms with Crippen molar-refractivity contribution in [3.8, 4) is 6.07 Å². The van der Waals surface area contributed by atoms with Crippen molar-refractivity contribution in [3.05, 3.63) is 36.0 Å². The summed E-state index contributed by atoms with van der Waals surface area (Å²) in [5.41, 5.74) is 1.87. The zero-order chi connectivity index (χ0) is 13.7. The number of aromatic nitrogens is 1. The quantitative estimate of drug-likeness (QED) is 0.860. The lowest BCUT2D eigenvalue weighted by Crippen LogP contribution is -2.30. The molecular formula is C16H21N3. The highest BCUT2D eigenvalue weighted by molar-refractivity contribution is 5.81. The number of nitriles is 1. The summed E-state index contributed by atoms with van der Waals surface area (Å²) in [6.45, 7) is 6.33. The maximum Gasteiger partial charge on any atom is 0.0992 e. The fourth-order valence-electron chi connectivity index (χ4n) is 2.41. The SMILES string of the molecule is CCC(CC)NCCn1ccc2ccc(C#N)cc21. The predicted molar refractivity (Wildman–Crippen MR) is 79.0 cm³/mol. The second kappa shape index (κ2) is 6.40. The molecule has 0 bridgehead atoms. The van der Waals surface area contributed by atoms with Crippen molar-refractivity contribution in [1.29, 1.82) is 5.26 Å². The van der Waals surface area contributed by atoms with Crippen LogP contribution in [-0.4, -0.2) is 17.2 Å². The lowest BCUT2D eigenvalue weighted by atomic mass is 10.2. The maximum absolute atomic E-state index is 8.97. The Balaban J connectivity index is 2.06. The zero-order valence-corrected chi connectivity index (χ0v) is 11.7. The summed E-state index contributed by atoms with van der Waals surface area (Å²) in [6.07, 6.45) is 4.43. The van der Waals surface area contributed by atoms with Crippen LogP contribution in [0.25, 0.3) is 10.9 Å². The van der Waals surface area contributed by atoms with E-state index in [-0.39, 0.29) is 0 Å². The summed E-state index contributed by atoms with van der Waals surface area (Å²) in [6, 6.07) is 10.8. The Kier molecular flexibility index (Phi) is 4.59. The lowest BCUT2D eigenvalue weighted by Gasteiger charge is -2.15. The molecule has 1 aromatic heterocycles. The molecule has 0 amide bonds. The summed E-state index contributed by atoms with van der Waals surface area (Å²) in [4.78, 5) is 0. The van der Waals surface area contributed by atoms with Crippen LogP contribution in [0.5, 0.6) is 0 Å². The topological polar surface area (TPSA) is 40.8 Å². The van der Waals surface area contributed by atoms with Gasteiger partial charge in [-0.05, 0) is 36.4 Å². The average Bonchev–Trinajstić information content (AvgIpc) is 2.86. The molecule has 2 aromatic rings. The second-order valence-corrected chi connectivity index (χ2v) is 4.86. The van der Waals surface area contributed by atoms with Crippen LogP contribution in [-0.2, 0) is 6.54 Å². The first-order valence-electron chi connectivity index (χ1n) is 7.00. The van der Waals surface area contributed by atoms with Crippen LogP contribution in [0.3, 0.4) is 0 Å². The summed E-state index contributed by atoms with van der Waals surface area (Å²) in [5.74, 6) is 0. The van der Waals surface area contributed by atoms with E-state index in [1.165, 1.54) is 18.2 Å².